The summed E-state index contributed by atoms with van der Waals surface area (Å²) in [6.07, 6.45) is 0. The molecule has 0 heterocycles. The van der Waals surface area contributed by atoms with Crippen molar-refractivity contribution in [3.63, 3.8) is 0 Å². The largest absolute Gasteiger partial charge is 0.507 e. The van der Waals surface area contributed by atoms with Crippen LogP contribution in [0, 0.1) is 6.92 Å². The van der Waals surface area contributed by atoms with Gasteiger partial charge in [-0.05, 0) is 30.7 Å². The Kier molecular flexibility index (Phi) is 3.93. The summed E-state index contributed by atoms with van der Waals surface area (Å²) in [5.41, 5.74) is 1.02. The van der Waals surface area contributed by atoms with Crippen LogP contribution in [0.2, 0.25) is 0 Å². The number of amides is 1. The van der Waals surface area contributed by atoms with Gasteiger partial charge in [0.05, 0.1) is 16.8 Å². The van der Waals surface area contributed by atoms with Gasteiger partial charge in [0.15, 0.2) is 0 Å². The lowest BCUT2D eigenvalue weighted by Crippen LogP contribution is -2.28. The first-order valence-corrected chi connectivity index (χ1v) is 6.32. The molecule has 0 atom stereocenters. The monoisotopic (exact) mass is 285 g/mol. The van der Waals surface area contributed by atoms with Gasteiger partial charge in [0, 0.05) is 7.05 Å². The van der Waals surface area contributed by atoms with Gasteiger partial charge in [0.25, 0.3) is 5.91 Å². The molecule has 2 N–H and O–H groups in total. The smallest absolute Gasteiger partial charge is 0.337 e. The second kappa shape index (κ2) is 5.66. The van der Waals surface area contributed by atoms with Crippen LogP contribution in [0.4, 0.5) is 5.69 Å². The van der Waals surface area contributed by atoms with E-state index in [0.29, 0.717) is 5.56 Å². The molecule has 2 aromatic rings. The van der Waals surface area contributed by atoms with Crippen LogP contribution in [0.1, 0.15) is 26.3 Å². The lowest BCUT2D eigenvalue weighted by molar-refractivity contribution is 0.0697. The van der Waals surface area contributed by atoms with Crippen molar-refractivity contribution >= 4 is 17.6 Å². The molecule has 2 aromatic carbocycles. The van der Waals surface area contributed by atoms with Crippen molar-refractivity contribution in [2.45, 2.75) is 6.92 Å². The van der Waals surface area contributed by atoms with E-state index >= 15 is 0 Å². The number of hydrogen-bond donors (Lipinski definition) is 2. The van der Waals surface area contributed by atoms with Crippen molar-refractivity contribution < 1.29 is 19.8 Å². The number of phenolic OH excluding ortho intramolecular Hbond substituents is 1. The summed E-state index contributed by atoms with van der Waals surface area (Å²) in [7, 11) is 1.48. The third-order valence-corrected chi connectivity index (χ3v) is 3.27. The summed E-state index contributed by atoms with van der Waals surface area (Å²) in [6, 6.07) is 11.1. The number of para-hydroxylation sites is 2. The van der Waals surface area contributed by atoms with E-state index in [2.05, 4.69) is 0 Å². The molecule has 0 saturated carbocycles. The van der Waals surface area contributed by atoms with E-state index < -0.39 is 11.9 Å². The number of nitrogens with zero attached hydrogens (tertiary/aromatic N) is 1. The fourth-order valence-electron chi connectivity index (χ4n) is 2.07. The van der Waals surface area contributed by atoms with E-state index in [1.807, 2.05) is 0 Å². The van der Waals surface area contributed by atoms with Crippen molar-refractivity contribution in [3.05, 3.63) is 59.2 Å². The molecule has 5 heteroatoms. The van der Waals surface area contributed by atoms with Gasteiger partial charge in [0.1, 0.15) is 5.75 Å². The highest BCUT2D eigenvalue weighted by atomic mass is 16.4. The van der Waals surface area contributed by atoms with Gasteiger partial charge in [-0.25, -0.2) is 4.79 Å². The number of carboxylic acids is 1. The molecule has 0 unspecified atom stereocenters. The van der Waals surface area contributed by atoms with Gasteiger partial charge in [-0.15, -0.1) is 0 Å². The summed E-state index contributed by atoms with van der Waals surface area (Å²) < 4.78 is 0. The maximum absolute atomic E-state index is 12.5. The molecule has 5 nitrogen and oxygen atoms in total. The molecule has 0 saturated heterocycles. The molecule has 2 rings (SSSR count). The maximum Gasteiger partial charge on any atom is 0.337 e. The summed E-state index contributed by atoms with van der Waals surface area (Å²) in [4.78, 5) is 24.9. The minimum Gasteiger partial charge on any atom is -0.507 e. The Morgan fingerprint density at radius 2 is 1.62 bits per heavy atom. The minimum atomic E-state index is -1.11. The fourth-order valence-corrected chi connectivity index (χ4v) is 2.07. The topological polar surface area (TPSA) is 77.8 Å². The Bertz CT molecular complexity index is 709. The first-order valence-electron chi connectivity index (χ1n) is 6.32. The molecule has 21 heavy (non-hydrogen) atoms. The predicted molar refractivity (Wildman–Crippen MR) is 79.0 cm³/mol. The van der Waals surface area contributed by atoms with E-state index in [4.69, 9.17) is 0 Å². The van der Waals surface area contributed by atoms with Crippen LogP contribution in [0.15, 0.2) is 42.5 Å². The molecule has 0 radical (unpaired) electrons. The Morgan fingerprint density at radius 1 is 1.00 bits per heavy atom. The van der Waals surface area contributed by atoms with E-state index in [-0.39, 0.29) is 22.6 Å². The number of aromatic carboxylic acids is 1. The first kappa shape index (κ1) is 14.6. The Hall–Kier alpha value is -2.82. The average Bonchev–Trinajstić information content (AvgIpc) is 2.48. The number of carbonyl (C=O) groups is 2. The molecule has 0 spiro atoms. The predicted octanol–water partition coefficient (Wildman–Crippen LogP) is 2.68. The van der Waals surface area contributed by atoms with Gasteiger partial charge < -0.3 is 15.1 Å². The van der Waals surface area contributed by atoms with Crippen molar-refractivity contribution in [2.75, 3.05) is 11.9 Å². The number of hydrogen-bond acceptors (Lipinski definition) is 3. The van der Waals surface area contributed by atoms with E-state index in [0.717, 1.165) is 0 Å². The Morgan fingerprint density at radius 3 is 2.29 bits per heavy atom. The molecule has 0 aliphatic heterocycles. The van der Waals surface area contributed by atoms with Crippen LogP contribution in [0.25, 0.3) is 0 Å². The molecule has 108 valence electrons. The van der Waals surface area contributed by atoms with Gasteiger partial charge in [-0.2, -0.15) is 0 Å². The summed E-state index contributed by atoms with van der Waals surface area (Å²) in [6.45, 7) is 1.69. The Labute approximate surface area is 122 Å². The maximum atomic E-state index is 12.5. The van der Waals surface area contributed by atoms with Gasteiger partial charge in [-0.1, -0.05) is 24.3 Å². The minimum absolute atomic E-state index is 0.0282. The standard InChI is InChI=1S/C16H15NO4/c1-10-6-5-8-12(14(10)18)15(19)17(2)13-9-4-3-7-11(13)16(20)21/h3-9,18H,1-2H3,(H,20,21). The number of aromatic hydroxyl groups is 1. The molecule has 0 fully saturated rings. The van der Waals surface area contributed by atoms with Crippen molar-refractivity contribution in [2.24, 2.45) is 0 Å². The van der Waals surface area contributed by atoms with E-state index in [9.17, 15) is 19.8 Å². The summed E-state index contributed by atoms with van der Waals surface area (Å²) in [5.74, 6) is -1.68. The third kappa shape index (κ3) is 2.72. The van der Waals surface area contributed by atoms with Crippen LogP contribution in [0.5, 0.6) is 5.75 Å². The molecule has 0 aromatic heterocycles. The van der Waals surface area contributed by atoms with Crippen LogP contribution in [-0.4, -0.2) is 29.1 Å². The van der Waals surface area contributed by atoms with E-state index in [1.165, 1.54) is 24.1 Å². The van der Waals surface area contributed by atoms with Crippen LogP contribution < -0.4 is 4.90 Å². The highest BCUT2D eigenvalue weighted by Crippen LogP contribution is 2.26. The lowest BCUT2D eigenvalue weighted by Gasteiger charge is -2.20. The van der Waals surface area contributed by atoms with Gasteiger partial charge in [0.2, 0.25) is 0 Å². The number of anilines is 1. The second-order valence-electron chi connectivity index (χ2n) is 4.66. The highest BCUT2D eigenvalue weighted by molar-refractivity contribution is 6.10. The number of rotatable bonds is 3. The van der Waals surface area contributed by atoms with Gasteiger partial charge >= 0.3 is 5.97 Å². The quantitative estimate of drug-likeness (QED) is 0.908. The number of carboxylic acid groups (broad SMARTS) is 1. The fraction of sp³-hybridized carbons (Fsp3) is 0.125. The number of carbonyl (C=O) groups excluding carboxylic acids is 1. The average molecular weight is 285 g/mol. The molecule has 0 aliphatic rings. The third-order valence-electron chi connectivity index (χ3n) is 3.27. The van der Waals surface area contributed by atoms with Crippen molar-refractivity contribution in [1.82, 2.24) is 0 Å². The highest BCUT2D eigenvalue weighted by Gasteiger charge is 2.21. The number of phenols is 1. The molecular weight excluding hydrogens is 270 g/mol. The van der Waals surface area contributed by atoms with Crippen molar-refractivity contribution in [1.29, 1.82) is 0 Å². The van der Waals surface area contributed by atoms with Crippen LogP contribution in [0.3, 0.4) is 0 Å². The normalized spacial score (nSPS) is 10.2. The van der Waals surface area contributed by atoms with Crippen molar-refractivity contribution in [3.8, 4) is 5.75 Å². The summed E-state index contributed by atoms with van der Waals surface area (Å²) in [5, 5.41) is 19.2. The zero-order valence-electron chi connectivity index (χ0n) is 11.7. The molecule has 1 amide bonds. The molecular formula is C16H15NO4. The number of benzene rings is 2. The second-order valence-corrected chi connectivity index (χ2v) is 4.66. The molecule has 0 aliphatic carbocycles. The van der Waals surface area contributed by atoms with Crippen LogP contribution >= 0.6 is 0 Å². The zero-order chi connectivity index (χ0) is 15.6. The lowest BCUT2D eigenvalue weighted by atomic mass is 10.1. The van der Waals surface area contributed by atoms with Gasteiger partial charge in [-0.3, -0.25) is 4.79 Å². The SMILES string of the molecule is Cc1cccc(C(=O)N(C)c2ccccc2C(=O)O)c1O. The number of aryl methyl sites for hydroxylation is 1. The van der Waals surface area contributed by atoms with Crippen LogP contribution in [-0.2, 0) is 0 Å². The Balaban J connectivity index is 2.45. The molecule has 0 bridgehead atoms. The summed E-state index contributed by atoms with van der Waals surface area (Å²) >= 11 is 0. The first-order chi connectivity index (χ1) is 9.93. The zero-order valence-corrected chi connectivity index (χ0v) is 11.7. The van der Waals surface area contributed by atoms with E-state index in [1.54, 1.807) is 37.3 Å².